The van der Waals surface area contributed by atoms with Gasteiger partial charge in [0.25, 0.3) is 0 Å². The first kappa shape index (κ1) is 18.0. The Labute approximate surface area is 129 Å². The van der Waals surface area contributed by atoms with Crippen LogP contribution >= 0.6 is 0 Å². The number of carbonyl (C=O) groups is 2. The van der Waals surface area contributed by atoms with Gasteiger partial charge in [-0.05, 0) is 24.6 Å². The summed E-state index contributed by atoms with van der Waals surface area (Å²) in [5, 5.41) is 11.3. The first-order valence-electron chi connectivity index (χ1n) is 6.58. The summed E-state index contributed by atoms with van der Waals surface area (Å²) in [5.41, 5.74) is 0.930. The van der Waals surface area contributed by atoms with Crippen molar-refractivity contribution in [2.45, 2.75) is 18.7 Å². The Balaban J connectivity index is 2.96. The van der Waals surface area contributed by atoms with E-state index in [4.69, 9.17) is 5.11 Å². The van der Waals surface area contributed by atoms with E-state index in [1.165, 1.54) is 31.0 Å². The van der Waals surface area contributed by atoms with Crippen molar-refractivity contribution in [3.8, 4) is 0 Å². The number of urea groups is 1. The smallest absolute Gasteiger partial charge is 0.321 e. The molecule has 0 saturated heterocycles. The number of carboxylic acids is 1. The van der Waals surface area contributed by atoms with Crippen molar-refractivity contribution in [2.24, 2.45) is 5.92 Å². The van der Waals surface area contributed by atoms with E-state index >= 15 is 0 Å². The lowest BCUT2D eigenvalue weighted by Gasteiger charge is -2.21. The number of hydrogen-bond donors (Lipinski definition) is 2. The normalized spacial score (nSPS) is 12.5. The van der Waals surface area contributed by atoms with Crippen LogP contribution in [0.15, 0.2) is 23.1 Å². The Hall–Kier alpha value is -2.09. The molecule has 1 atom stereocenters. The summed E-state index contributed by atoms with van der Waals surface area (Å²) >= 11 is 0. The molecule has 0 bridgehead atoms. The molecule has 8 heteroatoms. The van der Waals surface area contributed by atoms with E-state index in [2.05, 4.69) is 5.32 Å². The van der Waals surface area contributed by atoms with Crippen molar-refractivity contribution >= 4 is 27.5 Å². The molecular weight excluding hydrogens is 308 g/mol. The molecule has 1 rings (SSSR count). The maximum Gasteiger partial charge on any atom is 0.321 e. The second kappa shape index (κ2) is 6.78. The number of carbonyl (C=O) groups excluding carboxylic acids is 1. The van der Waals surface area contributed by atoms with E-state index in [0.29, 0.717) is 0 Å². The van der Waals surface area contributed by atoms with Crippen molar-refractivity contribution < 1.29 is 23.1 Å². The van der Waals surface area contributed by atoms with Crippen LogP contribution in [0, 0.1) is 12.8 Å². The molecule has 7 nitrogen and oxygen atoms in total. The van der Waals surface area contributed by atoms with Gasteiger partial charge in [-0.2, -0.15) is 0 Å². The molecule has 122 valence electrons. The van der Waals surface area contributed by atoms with Crippen molar-refractivity contribution in [3.63, 3.8) is 0 Å². The molecule has 0 aliphatic heterocycles. The highest BCUT2D eigenvalue weighted by atomic mass is 32.2. The first-order chi connectivity index (χ1) is 10.0. The van der Waals surface area contributed by atoms with Crippen molar-refractivity contribution in [1.82, 2.24) is 4.90 Å². The molecule has 0 aliphatic rings. The van der Waals surface area contributed by atoms with Gasteiger partial charge in [-0.3, -0.25) is 4.79 Å². The number of amides is 2. The Bertz CT molecular complexity index is 684. The predicted octanol–water partition coefficient (Wildman–Crippen LogP) is 1.58. The number of hydrogen-bond acceptors (Lipinski definition) is 4. The van der Waals surface area contributed by atoms with E-state index in [1.807, 2.05) is 0 Å². The largest absolute Gasteiger partial charge is 0.481 e. The number of anilines is 1. The summed E-state index contributed by atoms with van der Waals surface area (Å²) in [6.45, 7) is 3.25. The lowest BCUT2D eigenvalue weighted by Crippen LogP contribution is -2.36. The zero-order valence-electron chi connectivity index (χ0n) is 13.0. The van der Waals surface area contributed by atoms with Crippen molar-refractivity contribution in [3.05, 3.63) is 23.8 Å². The molecule has 2 amide bonds. The van der Waals surface area contributed by atoms with Gasteiger partial charge in [0.05, 0.1) is 16.5 Å². The number of nitrogens with one attached hydrogen (secondary N) is 1. The molecule has 22 heavy (non-hydrogen) atoms. The van der Waals surface area contributed by atoms with E-state index in [9.17, 15) is 18.0 Å². The first-order valence-corrected chi connectivity index (χ1v) is 8.47. The molecule has 0 heterocycles. The van der Waals surface area contributed by atoms with E-state index in [0.717, 1.165) is 11.8 Å². The maximum absolute atomic E-state index is 12.1. The van der Waals surface area contributed by atoms with Gasteiger partial charge in [-0.1, -0.05) is 13.0 Å². The van der Waals surface area contributed by atoms with Gasteiger partial charge in [-0.15, -0.1) is 0 Å². The maximum atomic E-state index is 12.1. The topological polar surface area (TPSA) is 104 Å². The van der Waals surface area contributed by atoms with Crippen LogP contribution in [-0.4, -0.2) is 50.3 Å². The van der Waals surface area contributed by atoms with E-state index in [1.54, 1.807) is 13.0 Å². The number of sulfone groups is 1. The predicted molar refractivity (Wildman–Crippen MR) is 82.7 cm³/mol. The van der Waals surface area contributed by atoms with Gasteiger partial charge in [-0.25, -0.2) is 13.2 Å². The highest BCUT2D eigenvalue weighted by molar-refractivity contribution is 7.90. The van der Waals surface area contributed by atoms with E-state index < -0.39 is 27.8 Å². The average Bonchev–Trinajstić information content (AvgIpc) is 2.39. The van der Waals surface area contributed by atoms with Crippen LogP contribution in [-0.2, 0) is 14.6 Å². The fourth-order valence-corrected chi connectivity index (χ4v) is 2.74. The highest BCUT2D eigenvalue weighted by Crippen LogP contribution is 2.23. The van der Waals surface area contributed by atoms with Gasteiger partial charge in [0, 0.05) is 19.8 Å². The summed E-state index contributed by atoms with van der Waals surface area (Å²) < 4.78 is 23.6. The molecule has 0 spiro atoms. The Kier molecular flexibility index (Phi) is 5.54. The van der Waals surface area contributed by atoms with Gasteiger partial charge in [0.2, 0.25) is 0 Å². The van der Waals surface area contributed by atoms with Gasteiger partial charge in [0.15, 0.2) is 9.84 Å². The fourth-order valence-electron chi connectivity index (χ4n) is 1.82. The minimum Gasteiger partial charge on any atom is -0.481 e. The van der Waals surface area contributed by atoms with Crippen molar-refractivity contribution in [2.75, 3.05) is 25.2 Å². The van der Waals surface area contributed by atoms with Crippen LogP contribution in [0.1, 0.15) is 12.5 Å². The van der Waals surface area contributed by atoms with Crippen LogP contribution in [0.25, 0.3) is 0 Å². The molecule has 0 fully saturated rings. The third-order valence-electron chi connectivity index (χ3n) is 3.09. The fraction of sp³-hybridized carbons (Fsp3) is 0.429. The quantitative estimate of drug-likeness (QED) is 0.854. The van der Waals surface area contributed by atoms with Crippen molar-refractivity contribution in [1.29, 1.82) is 0 Å². The Morgan fingerprint density at radius 2 is 1.95 bits per heavy atom. The molecule has 1 aromatic carbocycles. The van der Waals surface area contributed by atoms with Gasteiger partial charge >= 0.3 is 12.0 Å². The SMILES string of the molecule is Cc1ccc(NC(=O)N(C)CC(C)C(=O)O)c(S(C)(=O)=O)c1. The standard InChI is InChI=1S/C14H20N2O5S/c1-9-5-6-11(12(7-9)22(4,20)21)15-14(19)16(3)8-10(2)13(17)18/h5-7,10H,8H2,1-4H3,(H,15,19)(H,17,18). The summed E-state index contributed by atoms with van der Waals surface area (Å²) in [7, 11) is -2.04. The molecule has 2 N–H and O–H groups in total. The lowest BCUT2D eigenvalue weighted by atomic mass is 10.2. The monoisotopic (exact) mass is 328 g/mol. The van der Waals surface area contributed by atoms with E-state index in [-0.39, 0.29) is 17.1 Å². The molecule has 1 aromatic rings. The number of nitrogens with zero attached hydrogens (tertiary/aromatic N) is 1. The summed E-state index contributed by atoms with van der Waals surface area (Å²) in [4.78, 5) is 24.1. The zero-order valence-corrected chi connectivity index (χ0v) is 13.8. The second-order valence-electron chi connectivity index (χ2n) is 5.32. The molecule has 0 saturated carbocycles. The summed E-state index contributed by atoms with van der Waals surface area (Å²) in [6, 6.07) is 4.11. The van der Waals surface area contributed by atoms with Gasteiger partial charge in [0.1, 0.15) is 0 Å². The molecule has 0 radical (unpaired) electrons. The molecule has 0 aromatic heterocycles. The third kappa shape index (κ3) is 4.73. The van der Waals surface area contributed by atoms with Crippen LogP contribution < -0.4 is 5.32 Å². The number of carboxylic acid groups (broad SMARTS) is 1. The minimum absolute atomic E-state index is 0.0151. The summed E-state index contributed by atoms with van der Waals surface area (Å²) in [6.07, 6.45) is 1.06. The highest BCUT2D eigenvalue weighted by Gasteiger charge is 2.20. The molecule has 1 unspecified atom stereocenters. The Morgan fingerprint density at radius 3 is 2.45 bits per heavy atom. The number of rotatable bonds is 5. The van der Waals surface area contributed by atoms with Crippen LogP contribution in [0.2, 0.25) is 0 Å². The zero-order chi connectivity index (χ0) is 17.1. The van der Waals surface area contributed by atoms with Crippen LogP contribution in [0.5, 0.6) is 0 Å². The van der Waals surface area contributed by atoms with Crippen LogP contribution in [0.4, 0.5) is 10.5 Å². The number of aliphatic carboxylic acids is 1. The number of benzene rings is 1. The number of aryl methyl sites for hydroxylation is 1. The molecular formula is C14H20N2O5S. The lowest BCUT2D eigenvalue weighted by molar-refractivity contribution is -0.141. The molecule has 0 aliphatic carbocycles. The van der Waals surface area contributed by atoms with Crippen LogP contribution in [0.3, 0.4) is 0 Å². The average molecular weight is 328 g/mol. The third-order valence-corrected chi connectivity index (χ3v) is 4.23. The minimum atomic E-state index is -3.49. The second-order valence-corrected chi connectivity index (χ2v) is 7.31. The summed E-state index contributed by atoms with van der Waals surface area (Å²) in [5.74, 6) is -1.73. The van der Waals surface area contributed by atoms with Gasteiger partial charge < -0.3 is 15.3 Å². The Morgan fingerprint density at radius 1 is 1.36 bits per heavy atom.